The molecule has 47 heavy (non-hydrogen) atoms. The first-order chi connectivity index (χ1) is 21.2. The normalized spacial score (nSPS) is 19.3. The molecule has 2 fully saturated rings. The third-order valence-corrected chi connectivity index (χ3v) is 9.14. The second-order valence-electron chi connectivity index (χ2n) is 12.5. The largest absolute Gasteiger partial charge is 0.416 e. The van der Waals surface area contributed by atoms with E-state index >= 15 is 0 Å². The molecule has 0 saturated carbocycles. The van der Waals surface area contributed by atoms with Crippen molar-refractivity contribution >= 4 is 17.8 Å². The minimum Gasteiger partial charge on any atom is -0.341 e. The predicted octanol–water partition coefficient (Wildman–Crippen LogP) is 6.69. The van der Waals surface area contributed by atoms with Gasteiger partial charge in [0.15, 0.2) is 0 Å². The van der Waals surface area contributed by atoms with Gasteiger partial charge in [-0.25, -0.2) is 9.18 Å². The van der Waals surface area contributed by atoms with E-state index < -0.39 is 58.1 Å². The van der Waals surface area contributed by atoms with Crippen molar-refractivity contribution in [3.8, 4) is 0 Å². The van der Waals surface area contributed by atoms with Gasteiger partial charge in [0, 0.05) is 65.2 Å². The maximum Gasteiger partial charge on any atom is 0.416 e. The summed E-state index contributed by atoms with van der Waals surface area (Å²) in [6.07, 6.45) is -9.91. The van der Waals surface area contributed by atoms with Crippen molar-refractivity contribution in [3.05, 3.63) is 70.0 Å². The fourth-order valence-electron chi connectivity index (χ4n) is 6.38. The van der Waals surface area contributed by atoms with E-state index in [0.29, 0.717) is 49.4 Å². The highest BCUT2D eigenvalue weighted by Crippen LogP contribution is 2.41. The quantitative estimate of drug-likeness (QED) is 0.340. The lowest BCUT2D eigenvalue weighted by Gasteiger charge is -2.46. The molecule has 2 heterocycles. The Morgan fingerprint density at radius 2 is 1.30 bits per heavy atom. The molecule has 0 bridgehead atoms. The molecular formula is C33H41F7N4O3. The highest BCUT2D eigenvalue weighted by Gasteiger charge is 2.44. The number of amides is 4. The second-order valence-corrected chi connectivity index (χ2v) is 12.5. The van der Waals surface area contributed by atoms with Crippen molar-refractivity contribution in [2.75, 3.05) is 46.3 Å². The van der Waals surface area contributed by atoms with Crippen LogP contribution >= 0.6 is 0 Å². The summed E-state index contributed by atoms with van der Waals surface area (Å²) >= 11 is 0. The lowest BCUT2D eigenvalue weighted by atomic mass is 9.78. The molecule has 260 valence electrons. The van der Waals surface area contributed by atoms with Gasteiger partial charge in [-0.2, -0.15) is 26.3 Å². The molecule has 2 aliphatic heterocycles. The zero-order valence-corrected chi connectivity index (χ0v) is 26.2. The fraction of sp³-hybridized carbons (Fsp3) is 0.545. The molecule has 0 spiro atoms. The Kier molecular flexibility index (Phi) is 11.0. The fourth-order valence-corrected chi connectivity index (χ4v) is 6.38. The lowest BCUT2D eigenvalue weighted by molar-refractivity contribution is -0.144. The van der Waals surface area contributed by atoms with Crippen LogP contribution in [0.15, 0.2) is 36.4 Å². The van der Waals surface area contributed by atoms with Gasteiger partial charge >= 0.3 is 18.4 Å². The third-order valence-electron chi connectivity index (χ3n) is 9.14. The number of rotatable bonds is 4. The summed E-state index contributed by atoms with van der Waals surface area (Å²) in [5, 5.41) is 0. The van der Waals surface area contributed by atoms with E-state index in [4.69, 9.17) is 0 Å². The molecule has 2 saturated heterocycles. The average molecular weight is 675 g/mol. The number of halogens is 7. The van der Waals surface area contributed by atoms with Crippen molar-refractivity contribution in [2.45, 2.75) is 71.3 Å². The van der Waals surface area contributed by atoms with Crippen LogP contribution in [0.4, 0.5) is 35.5 Å². The number of piperazine rings is 1. The number of benzene rings is 2. The number of urea groups is 1. The Hall–Kier alpha value is -3.84. The number of alkyl halides is 6. The van der Waals surface area contributed by atoms with Crippen molar-refractivity contribution < 1.29 is 45.1 Å². The van der Waals surface area contributed by atoms with Crippen molar-refractivity contribution in [3.63, 3.8) is 0 Å². The molecule has 0 aromatic heterocycles. The summed E-state index contributed by atoms with van der Waals surface area (Å²) in [4.78, 5) is 45.5. The van der Waals surface area contributed by atoms with Gasteiger partial charge in [-0.05, 0) is 74.2 Å². The van der Waals surface area contributed by atoms with Crippen LogP contribution in [0.3, 0.4) is 0 Å². The van der Waals surface area contributed by atoms with E-state index in [-0.39, 0.29) is 44.9 Å². The van der Waals surface area contributed by atoms with E-state index in [2.05, 4.69) is 0 Å². The highest BCUT2D eigenvalue weighted by molar-refractivity contribution is 5.88. The van der Waals surface area contributed by atoms with Gasteiger partial charge in [0.2, 0.25) is 11.8 Å². The van der Waals surface area contributed by atoms with Crippen molar-refractivity contribution in [2.24, 2.45) is 0 Å². The van der Waals surface area contributed by atoms with Crippen LogP contribution in [0.1, 0.15) is 68.4 Å². The molecule has 2 atom stereocenters. The highest BCUT2D eigenvalue weighted by atomic mass is 19.4. The van der Waals surface area contributed by atoms with E-state index in [1.165, 1.54) is 44.9 Å². The smallest absolute Gasteiger partial charge is 0.341 e. The van der Waals surface area contributed by atoms with Crippen LogP contribution < -0.4 is 0 Å². The van der Waals surface area contributed by atoms with E-state index in [9.17, 15) is 45.1 Å². The molecule has 0 radical (unpaired) electrons. The third kappa shape index (κ3) is 8.01. The Morgan fingerprint density at radius 3 is 1.79 bits per heavy atom. The molecule has 7 nitrogen and oxygen atoms in total. The van der Waals surface area contributed by atoms with Gasteiger partial charge in [-0.3, -0.25) is 9.59 Å². The van der Waals surface area contributed by atoms with Crippen LogP contribution in [0.5, 0.6) is 0 Å². The number of carbonyl (C=O) groups is 3. The van der Waals surface area contributed by atoms with Crippen LogP contribution in [0, 0.1) is 12.7 Å². The summed E-state index contributed by atoms with van der Waals surface area (Å²) in [6.45, 7) is 7.48. The maximum atomic E-state index is 14.1. The van der Waals surface area contributed by atoms with Crippen LogP contribution in [-0.4, -0.2) is 89.8 Å². The van der Waals surface area contributed by atoms with Gasteiger partial charge in [-0.1, -0.05) is 13.5 Å². The van der Waals surface area contributed by atoms with Gasteiger partial charge in [0.25, 0.3) is 0 Å². The monoisotopic (exact) mass is 674 g/mol. The molecule has 4 rings (SSSR count). The topological polar surface area (TPSA) is 64.2 Å². The molecule has 2 aliphatic rings. The second kappa shape index (κ2) is 13.7. The number of hydrogen-bond donors (Lipinski definition) is 0. The Balaban J connectivity index is 0.00000600. The number of carbonyl (C=O) groups excluding carboxylic acids is 3. The molecule has 0 unspecified atom stereocenters. The molecule has 0 N–H and O–H groups in total. The number of nitrogens with zero attached hydrogens (tertiary/aromatic N) is 4. The van der Waals surface area contributed by atoms with Gasteiger partial charge in [-0.15, -0.1) is 0 Å². The van der Waals surface area contributed by atoms with Gasteiger partial charge in [0.05, 0.1) is 16.5 Å². The van der Waals surface area contributed by atoms with Crippen LogP contribution in [0.25, 0.3) is 0 Å². The van der Waals surface area contributed by atoms with Crippen molar-refractivity contribution in [1.29, 1.82) is 0 Å². The minimum atomic E-state index is -5.08. The average Bonchev–Trinajstić information content (AvgIpc) is 2.98. The molecule has 0 aliphatic carbocycles. The molecule has 2 aromatic carbocycles. The first-order valence-corrected chi connectivity index (χ1v) is 14.8. The first kappa shape index (κ1) is 37.6. The Labute approximate surface area is 270 Å². The Morgan fingerprint density at radius 1 is 0.787 bits per heavy atom. The first-order valence-electron chi connectivity index (χ1n) is 14.8. The molecule has 14 heteroatoms. The maximum absolute atomic E-state index is 14.1. The number of hydrogen-bond acceptors (Lipinski definition) is 3. The molecule has 2 aromatic rings. The summed E-state index contributed by atoms with van der Waals surface area (Å²) in [7, 11) is 1.44. The SMILES string of the molecule is C.CC(=O)N1CCN(C(=O)N2CC[C@H](N(C)C(=O)C(C)(C)c3cc(C(F)(F)F)cc(C(F)(F)F)c3)[C@@H](c3ccc(F)cc3C)C2)CC1. The number of likely N-dealkylation sites (tertiary alicyclic amines) is 1. The van der Waals surface area contributed by atoms with E-state index in [1.807, 2.05) is 0 Å². The Bertz CT molecular complexity index is 1450. The predicted molar refractivity (Wildman–Crippen MR) is 162 cm³/mol. The summed E-state index contributed by atoms with van der Waals surface area (Å²) in [5.74, 6) is -1.83. The summed E-state index contributed by atoms with van der Waals surface area (Å²) in [6, 6.07) is 4.41. The minimum absolute atomic E-state index is 0. The number of piperidine rings is 1. The standard InChI is InChI=1S/C32H37F7N4O3.CH4/c1-19-14-24(33)6-7-25(19)26-18-43(29(46)42-12-10-41(11-13-42)20(2)44)9-8-27(26)40(5)28(45)30(3,4)21-15-22(31(34,35)36)17-23(16-21)32(37,38)39;/h6-7,14-17,26-27H,8-13,18H2,1-5H3;1H4/t26-,27+;/m1./s1. The van der Waals surface area contributed by atoms with Gasteiger partial charge in [0.1, 0.15) is 5.82 Å². The zero-order valence-electron chi connectivity index (χ0n) is 26.2. The zero-order chi connectivity index (χ0) is 34.4. The molecule has 4 amide bonds. The van der Waals surface area contributed by atoms with Crippen molar-refractivity contribution in [1.82, 2.24) is 19.6 Å². The summed E-state index contributed by atoms with van der Waals surface area (Å²) < 4.78 is 95.9. The van der Waals surface area contributed by atoms with Crippen LogP contribution in [-0.2, 0) is 27.4 Å². The summed E-state index contributed by atoms with van der Waals surface area (Å²) in [5.41, 5.74) is -4.07. The lowest BCUT2D eigenvalue weighted by Crippen LogP contribution is -2.58. The van der Waals surface area contributed by atoms with E-state index in [1.54, 1.807) is 27.7 Å². The van der Waals surface area contributed by atoms with Gasteiger partial charge < -0.3 is 19.6 Å². The number of aryl methyl sites for hydroxylation is 1. The molecular weight excluding hydrogens is 633 g/mol. The van der Waals surface area contributed by atoms with Crippen LogP contribution in [0.2, 0.25) is 0 Å². The number of likely N-dealkylation sites (N-methyl/N-ethyl adjacent to an activating group) is 1. The van der Waals surface area contributed by atoms with E-state index in [0.717, 1.165) is 0 Å².